The number of imidazole rings is 1. The van der Waals surface area contributed by atoms with E-state index in [1.807, 2.05) is 6.92 Å². The minimum Gasteiger partial charge on any atom is -0.332 e. The topological polar surface area (TPSA) is 83.8 Å². The summed E-state index contributed by atoms with van der Waals surface area (Å²) in [5, 5.41) is 3.12. The number of carbonyl (C=O) groups is 1. The highest BCUT2D eigenvalue weighted by Gasteiger charge is 2.29. The predicted molar refractivity (Wildman–Crippen MR) is 81.7 cm³/mol. The summed E-state index contributed by atoms with van der Waals surface area (Å²) in [4.78, 5) is 18.7. The van der Waals surface area contributed by atoms with E-state index in [0.29, 0.717) is 12.1 Å². The zero-order valence-electron chi connectivity index (χ0n) is 12.5. The quantitative estimate of drug-likeness (QED) is 0.852. The summed E-state index contributed by atoms with van der Waals surface area (Å²) in [6.07, 6.45) is 2.70. The number of carbonyl (C=O) groups excluding carboxylic acids is 1. The standard InChI is InChI=1S/C14H18N4O3S/c1-10-9-15-6-8-17(10)13(19)12-11-5-3-4-7-18(11)14(16-12)22(2,20)21/h3-5,7,10,15H,6,8-9H2,1-2H3/t10-/m1/s1. The number of nitrogens with zero attached hydrogens (tertiary/aromatic N) is 3. The largest absolute Gasteiger partial charge is 0.332 e. The Bertz CT molecular complexity index is 828. The lowest BCUT2D eigenvalue weighted by atomic mass is 10.2. The molecule has 0 spiro atoms. The van der Waals surface area contributed by atoms with E-state index >= 15 is 0 Å². The smallest absolute Gasteiger partial charge is 0.275 e. The van der Waals surface area contributed by atoms with Crippen LogP contribution in [0.2, 0.25) is 0 Å². The van der Waals surface area contributed by atoms with Crippen LogP contribution in [0.1, 0.15) is 17.4 Å². The molecule has 1 aliphatic rings. The van der Waals surface area contributed by atoms with Crippen molar-refractivity contribution in [1.29, 1.82) is 0 Å². The third-order valence-electron chi connectivity index (χ3n) is 3.81. The molecule has 1 aliphatic heterocycles. The summed E-state index contributed by atoms with van der Waals surface area (Å²) in [7, 11) is -3.52. The summed E-state index contributed by atoms with van der Waals surface area (Å²) < 4.78 is 25.3. The second kappa shape index (κ2) is 5.36. The average molecular weight is 322 g/mol. The molecule has 118 valence electrons. The normalized spacial score (nSPS) is 19.5. The summed E-state index contributed by atoms with van der Waals surface area (Å²) in [6, 6.07) is 5.23. The van der Waals surface area contributed by atoms with Crippen molar-refractivity contribution in [3.05, 3.63) is 30.1 Å². The summed E-state index contributed by atoms with van der Waals surface area (Å²) in [5.41, 5.74) is 0.702. The summed E-state index contributed by atoms with van der Waals surface area (Å²) in [6.45, 7) is 3.98. The van der Waals surface area contributed by atoms with Gasteiger partial charge in [0.2, 0.25) is 15.0 Å². The molecule has 3 rings (SSSR count). The van der Waals surface area contributed by atoms with Gasteiger partial charge in [-0.05, 0) is 19.1 Å². The number of nitrogens with one attached hydrogen (secondary N) is 1. The molecule has 1 saturated heterocycles. The zero-order valence-corrected chi connectivity index (χ0v) is 13.3. The van der Waals surface area contributed by atoms with Crippen molar-refractivity contribution in [3.8, 4) is 0 Å². The van der Waals surface area contributed by atoms with Crippen LogP contribution in [0.5, 0.6) is 0 Å². The van der Waals surface area contributed by atoms with E-state index in [2.05, 4.69) is 10.3 Å². The Hall–Kier alpha value is -1.93. The van der Waals surface area contributed by atoms with E-state index in [1.54, 1.807) is 29.3 Å². The molecule has 0 radical (unpaired) electrons. The number of hydrogen-bond donors (Lipinski definition) is 1. The van der Waals surface area contributed by atoms with E-state index in [0.717, 1.165) is 19.3 Å². The fourth-order valence-corrected chi connectivity index (χ4v) is 3.48. The summed E-state index contributed by atoms with van der Waals surface area (Å²) in [5.74, 6) is -0.229. The van der Waals surface area contributed by atoms with E-state index in [-0.39, 0.29) is 22.8 Å². The van der Waals surface area contributed by atoms with Crippen molar-refractivity contribution in [2.75, 3.05) is 25.9 Å². The lowest BCUT2D eigenvalue weighted by Gasteiger charge is -2.33. The molecular formula is C14H18N4O3S. The molecule has 8 heteroatoms. The molecule has 0 bridgehead atoms. The molecule has 3 heterocycles. The first kappa shape index (κ1) is 15.0. The molecule has 0 saturated carbocycles. The van der Waals surface area contributed by atoms with Crippen LogP contribution < -0.4 is 5.32 Å². The lowest BCUT2D eigenvalue weighted by molar-refractivity contribution is 0.0652. The van der Waals surface area contributed by atoms with Crippen molar-refractivity contribution in [2.24, 2.45) is 0 Å². The van der Waals surface area contributed by atoms with Crippen LogP contribution in [0.25, 0.3) is 5.52 Å². The van der Waals surface area contributed by atoms with E-state index in [1.165, 1.54) is 4.40 Å². The highest BCUT2D eigenvalue weighted by Crippen LogP contribution is 2.19. The average Bonchev–Trinajstić information content (AvgIpc) is 2.87. The SMILES string of the molecule is C[C@@H]1CNCCN1C(=O)c1nc(S(C)(=O)=O)n2ccccc12. The van der Waals surface area contributed by atoms with Crippen molar-refractivity contribution >= 4 is 21.3 Å². The third-order valence-corrected chi connectivity index (χ3v) is 4.76. The van der Waals surface area contributed by atoms with Gasteiger partial charge in [-0.25, -0.2) is 13.4 Å². The molecule has 2 aromatic rings. The maximum Gasteiger partial charge on any atom is 0.275 e. The Morgan fingerprint density at radius 3 is 2.86 bits per heavy atom. The lowest BCUT2D eigenvalue weighted by Crippen LogP contribution is -2.52. The molecule has 1 atom stereocenters. The maximum atomic E-state index is 12.8. The number of hydrogen-bond acceptors (Lipinski definition) is 5. The number of pyridine rings is 1. The first-order valence-corrected chi connectivity index (χ1v) is 8.97. The van der Waals surface area contributed by atoms with Crippen LogP contribution in [0, 0.1) is 0 Å². The van der Waals surface area contributed by atoms with Crippen molar-refractivity contribution in [1.82, 2.24) is 19.6 Å². The van der Waals surface area contributed by atoms with Gasteiger partial charge in [-0.3, -0.25) is 9.20 Å². The number of sulfone groups is 1. The van der Waals surface area contributed by atoms with Gasteiger partial charge in [-0.2, -0.15) is 0 Å². The van der Waals surface area contributed by atoms with Gasteiger partial charge in [0.1, 0.15) is 0 Å². The first-order chi connectivity index (χ1) is 10.4. The van der Waals surface area contributed by atoms with Gasteiger partial charge >= 0.3 is 0 Å². The van der Waals surface area contributed by atoms with Crippen LogP contribution in [0.15, 0.2) is 29.6 Å². The molecule has 0 aliphatic carbocycles. The monoisotopic (exact) mass is 322 g/mol. The molecular weight excluding hydrogens is 304 g/mol. The molecule has 1 fully saturated rings. The van der Waals surface area contributed by atoms with Gasteiger partial charge in [0.25, 0.3) is 5.91 Å². The van der Waals surface area contributed by atoms with Crippen LogP contribution in [0.4, 0.5) is 0 Å². The Morgan fingerprint density at radius 2 is 2.18 bits per heavy atom. The van der Waals surface area contributed by atoms with Gasteiger partial charge in [0.15, 0.2) is 5.69 Å². The second-order valence-corrected chi connectivity index (χ2v) is 7.43. The van der Waals surface area contributed by atoms with Crippen molar-refractivity contribution in [3.63, 3.8) is 0 Å². The predicted octanol–water partition coefficient (Wildman–Crippen LogP) is 0.172. The highest BCUT2D eigenvalue weighted by atomic mass is 32.2. The van der Waals surface area contributed by atoms with Crippen LogP contribution in [0.3, 0.4) is 0 Å². The molecule has 0 aromatic carbocycles. The Labute approximate surface area is 128 Å². The number of piperazine rings is 1. The van der Waals surface area contributed by atoms with Crippen LogP contribution in [-0.4, -0.2) is 60.5 Å². The number of amides is 1. The van der Waals surface area contributed by atoms with Gasteiger partial charge in [0, 0.05) is 38.1 Å². The van der Waals surface area contributed by atoms with E-state index in [9.17, 15) is 13.2 Å². The Kier molecular flexibility index (Phi) is 3.65. The Balaban J connectivity index is 2.13. The molecule has 0 unspecified atom stereocenters. The van der Waals surface area contributed by atoms with E-state index < -0.39 is 9.84 Å². The van der Waals surface area contributed by atoms with Crippen molar-refractivity contribution < 1.29 is 13.2 Å². The highest BCUT2D eigenvalue weighted by molar-refractivity contribution is 7.90. The van der Waals surface area contributed by atoms with E-state index in [4.69, 9.17) is 0 Å². The number of aromatic nitrogens is 2. The molecule has 1 amide bonds. The maximum absolute atomic E-state index is 12.8. The minimum absolute atomic E-state index is 0.0448. The minimum atomic E-state index is -3.52. The molecule has 1 N–H and O–H groups in total. The molecule has 22 heavy (non-hydrogen) atoms. The Morgan fingerprint density at radius 1 is 1.41 bits per heavy atom. The van der Waals surface area contributed by atoms with Gasteiger partial charge in [0.05, 0.1) is 5.52 Å². The van der Waals surface area contributed by atoms with Gasteiger partial charge in [-0.15, -0.1) is 0 Å². The second-order valence-electron chi connectivity index (χ2n) is 5.52. The molecule has 2 aromatic heterocycles. The first-order valence-electron chi connectivity index (χ1n) is 7.08. The van der Waals surface area contributed by atoms with Crippen molar-refractivity contribution in [2.45, 2.75) is 18.1 Å². The summed E-state index contributed by atoms with van der Waals surface area (Å²) >= 11 is 0. The third kappa shape index (κ3) is 2.48. The number of fused-ring (bicyclic) bond motifs is 1. The van der Waals surface area contributed by atoms with Gasteiger partial charge < -0.3 is 10.2 Å². The fraction of sp³-hybridized carbons (Fsp3) is 0.429. The van der Waals surface area contributed by atoms with Gasteiger partial charge in [-0.1, -0.05) is 6.07 Å². The fourth-order valence-electron chi connectivity index (χ4n) is 2.71. The van der Waals surface area contributed by atoms with Crippen LogP contribution in [-0.2, 0) is 9.84 Å². The molecule has 7 nitrogen and oxygen atoms in total. The number of rotatable bonds is 2. The van der Waals surface area contributed by atoms with Crippen LogP contribution >= 0.6 is 0 Å². The zero-order chi connectivity index (χ0) is 15.9.